The Morgan fingerprint density at radius 3 is 2.93 bits per heavy atom. The van der Waals surface area contributed by atoms with E-state index in [0.29, 0.717) is 30.0 Å². The Morgan fingerprint density at radius 1 is 1.21 bits per heavy atom. The van der Waals surface area contributed by atoms with Gasteiger partial charge in [0.05, 0.1) is 6.54 Å². The minimum absolute atomic E-state index is 0.217. The van der Waals surface area contributed by atoms with Crippen molar-refractivity contribution in [2.45, 2.75) is 37.8 Å². The molecule has 8 heteroatoms. The van der Waals surface area contributed by atoms with Crippen molar-refractivity contribution >= 4 is 22.6 Å². The fourth-order valence-electron chi connectivity index (χ4n) is 3.97. The Morgan fingerprint density at radius 2 is 2.07 bits per heavy atom. The second kappa shape index (κ2) is 6.54. The Labute approximate surface area is 160 Å². The summed E-state index contributed by atoms with van der Waals surface area (Å²) < 4.78 is 30.7. The van der Waals surface area contributed by atoms with Gasteiger partial charge in [-0.2, -0.15) is 4.98 Å². The van der Waals surface area contributed by atoms with E-state index in [0.717, 1.165) is 30.2 Å². The zero-order valence-electron chi connectivity index (χ0n) is 15.3. The number of aromatic amines is 1. The van der Waals surface area contributed by atoms with Crippen molar-refractivity contribution < 1.29 is 8.78 Å². The lowest BCUT2D eigenvalue weighted by atomic mass is 9.86. The molecule has 5 rings (SSSR count). The fraction of sp³-hybridized carbons (Fsp3) is 0.350. The van der Waals surface area contributed by atoms with Crippen LogP contribution in [0.15, 0.2) is 37.1 Å². The van der Waals surface area contributed by atoms with Gasteiger partial charge in [-0.05, 0) is 18.9 Å². The summed E-state index contributed by atoms with van der Waals surface area (Å²) in [4.78, 5) is 15.9. The number of fused-ring (bicyclic) bond motifs is 2. The van der Waals surface area contributed by atoms with Gasteiger partial charge in [0.15, 0.2) is 11.5 Å². The van der Waals surface area contributed by atoms with E-state index in [1.165, 1.54) is 6.07 Å². The highest BCUT2D eigenvalue weighted by Gasteiger charge is 2.31. The molecule has 6 nitrogen and oxygen atoms in total. The number of halogens is 2. The van der Waals surface area contributed by atoms with Gasteiger partial charge in [0.2, 0.25) is 5.95 Å². The first-order valence-corrected chi connectivity index (χ1v) is 9.51. The molecule has 4 heterocycles. The van der Waals surface area contributed by atoms with Crippen LogP contribution in [0, 0.1) is 5.82 Å². The minimum atomic E-state index is -1.19. The fourth-order valence-corrected chi connectivity index (χ4v) is 3.97. The molecule has 4 aromatic heterocycles. The predicted molar refractivity (Wildman–Crippen MR) is 103 cm³/mol. The molecule has 0 unspecified atom stereocenters. The standard InChI is InChI=1S/C20H20F2N6/c21-16-8-13(11-28-7-6-23-18(16)28)14-9-24-17-15(14)10-25-19(27-17)26-12-20(22)4-2-1-3-5-20/h6-11H,1-5,12H2,(H2,24,25,26,27). The van der Waals surface area contributed by atoms with E-state index < -0.39 is 11.5 Å². The summed E-state index contributed by atoms with van der Waals surface area (Å²) in [6.45, 7) is 0.217. The molecule has 1 fully saturated rings. The summed E-state index contributed by atoms with van der Waals surface area (Å²) in [7, 11) is 0. The Hall–Kier alpha value is -3.03. The Bertz CT molecular complexity index is 1140. The maximum absolute atomic E-state index is 14.8. The van der Waals surface area contributed by atoms with Crippen LogP contribution in [-0.4, -0.2) is 36.6 Å². The lowest BCUT2D eigenvalue weighted by molar-refractivity contribution is 0.122. The van der Waals surface area contributed by atoms with Gasteiger partial charge < -0.3 is 14.7 Å². The van der Waals surface area contributed by atoms with Crippen LogP contribution in [0.25, 0.3) is 27.8 Å². The molecule has 28 heavy (non-hydrogen) atoms. The summed E-state index contributed by atoms with van der Waals surface area (Å²) in [5.41, 5.74) is 1.22. The highest BCUT2D eigenvalue weighted by molar-refractivity contribution is 5.93. The van der Waals surface area contributed by atoms with E-state index in [2.05, 4.69) is 25.3 Å². The van der Waals surface area contributed by atoms with Crippen LogP contribution in [0.1, 0.15) is 32.1 Å². The average molecular weight is 382 g/mol. The van der Waals surface area contributed by atoms with E-state index >= 15 is 0 Å². The topological polar surface area (TPSA) is 70.9 Å². The van der Waals surface area contributed by atoms with Crippen LogP contribution in [0.5, 0.6) is 0 Å². The van der Waals surface area contributed by atoms with Crippen molar-refractivity contribution in [3.8, 4) is 11.1 Å². The number of nitrogens with one attached hydrogen (secondary N) is 2. The normalized spacial score (nSPS) is 16.6. The lowest BCUT2D eigenvalue weighted by Gasteiger charge is -2.29. The highest BCUT2D eigenvalue weighted by atomic mass is 19.1. The molecule has 0 spiro atoms. The third-order valence-electron chi connectivity index (χ3n) is 5.50. The number of pyridine rings is 1. The number of anilines is 1. The van der Waals surface area contributed by atoms with Gasteiger partial charge in [-0.25, -0.2) is 18.7 Å². The quantitative estimate of drug-likeness (QED) is 0.545. The number of alkyl halides is 1. The Balaban J connectivity index is 1.43. The zero-order valence-corrected chi connectivity index (χ0v) is 15.3. The van der Waals surface area contributed by atoms with Gasteiger partial charge in [-0.15, -0.1) is 0 Å². The third kappa shape index (κ3) is 2.98. The lowest BCUT2D eigenvalue weighted by Crippen LogP contribution is -2.34. The molecule has 1 aliphatic rings. The van der Waals surface area contributed by atoms with Gasteiger partial charge in [0, 0.05) is 47.5 Å². The average Bonchev–Trinajstić information content (AvgIpc) is 3.33. The number of nitrogens with zero attached hydrogens (tertiary/aromatic N) is 4. The SMILES string of the molecule is Fc1cc(-c2c[nH]c3nc(NCC4(F)CCCCC4)ncc23)cn2ccnc12. The number of hydrogen-bond acceptors (Lipinski definition) is 4. The molecular formula is C20H20F2N6. The van der Waals surface area contributed by atoms with Crippen LogP contribution in [0.2, 0.25) is 0 Å². The second-order valence-corrected chi connectivity index (χ2v) is 7.46. The smallest absolute Gasteiger partial charge is 0.224 e. The van der Waals surface area contributed by atoms with Crippen LogP contribution in [0.4, 0.5) is 14.7 Å². The number of H-pyrrole nitrogens is 1. The van der Waals surface area contributed by atoms with Gasteiger partial charge in [-0.1, -0.05) is 19.3 Å². The highest BCUT2D eigenvalue weighted by Crippen LogP contribution is 2.32. The van der Waals surface area contributed by atoms with Crippen LogP contribution < -0.4 is 5.32 Å². The van der Waals surface area contributed by atoms with Crippen LogP contribution in [-0.2, 0) is 0 Å². The van der Waals surface area contributed by atoms with E-state index in [-0.39, 0.29) is 12.2 Å². The summed E-state index contributed by atoms with van der Waals surface area (Å²) in [5.74, 6) is -0.00322. The first-order chi connectivity index (χ1) is 13.6. The molecule has 2 N–H and O–H groups in total. The molecule has 0 aliphatic heterocycles. The van der Waals surface area contributed by atoms with Gasteiger partial charge in [0.1, 0.15) is 11.3 Å². The van der Waals surface area contributed by atoms with Crippen molar-refractivity contribution in [3.63, 3.8) is 0 Å². The molecule has 0 atom stereocenters. The van der Waals surface area contributed by atoms with Crippen molar-refractivity contribution in [2.24, 2.45) is 0 Å². The molecule has 0 bridgehead atoms. The number of hydrogen-bond donors (Lipinski definition) is 2. The molecule has 1 aliphatic carbocycles. The van der Waals surface area contributed by atoms with Gasteiger partial charge in [0.25, 0.3) is 0 Å². The molecule has 1 saturated carbocycles. The molecule has 4 aromatic rings. The molecule has 144 valence electrons. The van der Waals surface area contributed by atoms with Crippen LogP contribution >= 0.6 is 0 Å². The molecule has 0 radical (unpaired) electrons. The summed E-state index contributed by atoms with van der Waals surface area (Å²) in [5, 5.41) is 3.81. The van der Waals surface area contributed by atoms with Crippen molar-refractivity contribution in [1.82, 2.24) is 24.3 Å². The maximum atomic E-state index is 14.8. The maximum Gasteiger partial charge on any atom is 0.224 e. The molecular weight excluding hydrogens is 362 g/mol. The van der Waals surface area contributed by atoms with Crippen LogP contribution in [0.3, 0.4) is 0 Å². The number of rotatable bonds is 4. The van der Waals surface area contributed by atoms with E-state index in [1.54, 1.807) is 29.2 Å². The van der Waals surface area contributed by atoms with Crippen molar-refractivity contribution in [2.75, 3.05) is 11.9 Å². The first kappa shape index (κ1) is 17.1. The molecule has 0 saturated heterocycles. The van der Waals surface area contributed by atoms with Crippen molar-refractivity contribution in [1.29, 1.82) is 0 Å². The molecule has 0 amide bonds. The summed E-state index contributed by atoms with van der Waals surface area (Å²) >= 11 is 0. The monoisotopic (exact) mass is 382 g/mol. The Kier molecular flexibility index (Phi) is 3.99. The van der Waals surface area contributed by atoms with E-state index in [9.17, 15) is 8.78 Å². The summed E-state index contributed by atoms with van der Waals surface area (Å²) in [6, 6.07) is 1.45. The molecule has 0 aromatic carbocycles. The van der Waals surface area contributed by atoms with E-state index in [1.807, 2.05) is 6.20 Å². The second-order valence-electron chi connectivity index (χ2n) is 7.46. The largest absolute Gasteiger partial charge is 0.351 e. The minimum Gasteiger partial charge on any atom is -0.351 e. The summed E-state index contributed by atoms with van der Waals surface area (Å²) in [6.07, 6.45) is 12.6. The van der Waals surface area contributed by atoms with Gasteiger partial charge in [-0.3, -0.25) is 0 Å². The first-order valence-electron chi connectivity index (χ1n) is 9.51. The predicted octanol–water partition coefficient (Wildman–Crippen LogP) is 4.50. The third-order valence-corrected chi connectivity index (χ3v) is 5.50. The van der Waals surface area contributed by atoms with Gasteiger partial charge >= 0.3 is 0 Å². The van der Waals surface area contributed by atoms with E-state index in [4.69, 9.17) is 0 Å². The van der Waals surface area contributed by atoms with Crippen molar-refractivity contribution in [3.05, 3.63) is 42.9 Å². The number of imidazole rings is 1. The zero-order chi connectivity index (χ0) is 19.1. The number of aromatic nitrogens is 5.